The second-order valence-corrected chi connectivity index (χ2v) is 6.09. The Kier molecular flexibility index (Phi) is 4.11. The summed E-state index contributed by atoms with van der Waals surface area (Å²) in [5.41, 5.74) is 0.571. The largest absolute Gasteiger partial charge is 0.466 e. The van der Waals surface area contributed by atoms with Crippen molar-refractivity contribution in [3.05, 3.63) is 0 Å². The highest BCUT2D eigenvalue weighted by Crippen LogP contribution is 2.59. The van der Waals surface area contributed by atoms with E-state index >= 15 is 0 Å². The zero-order valence-electron chi connectivity index (χ0n) is 11.3. The Bertz CT molecular complexity index is 268. The molecule has 0 amide bonds. The van der Waals surface area contributed by atoms with Crippen LogP contribution in [-0.2, 0) is 9.53 Å². The summed E-state index contributed by atoms with van der Waals surface area (Å²) in [6, 6.07) is 0. The molecule has 2 aliphatic carbocycles. The summed E-state index contributed by atoms with van der Waals surface area (Å²) >= 11 is 0. The first-order valence-corrected chi connectivity index (χ1v) is 7.35. The normalized spacial score (nSPS) is 28.8. The monoisotopic (exact) mass is 238 g/mol. The maximum atomic E-state index is 11.3. The smallest absolute Gasteiger partial charge is 0.305 e. The van der Waals surface area contributed by atoms with Crippen LogP contribution in [0.3, 0.4) is 0 Å². The van der Waals surface area contributed by atoms with Crippen LogP contribution in [0.5, 0.6) is 0 Å². The van der Waals surface area contributed by atoms with Gasteiger partial charge in [-0.05, 0) is 55.8 Å². The third-order valence-corrected chi connectivity index (χ3v) is 4.60. The molecule has 0 aromatic carbocycles. The van der Waals surface area contributed by atoms with E-state index in [1.165, 1.54) is 32.1 Å². The molecule has 0 spiro atoms. The molecule has 98 valence electrons. The number of hydrogen-bond acceptors (Lipinski definition) is 2. The van der Waals surface area contributed by atoms with Crippen LogP contribution in [0, 0.1) is 17.3 Å². The van der Waals surface area contributed by atoms with Gasteiger partial charge in [0, 0.05) is 6.42 Å². The number of carbonyl (C=O) groups excluding carboxylic acids is 1. The molecule has 0 bridgehead atoms. The van der Waals surface area contributed by atoms with Crippen LogP contribution in [0.4, 0.5) is 0 Å². The molecule has 2 nitrogen and oxygen atoms in total. The number of rotatable bonds is 8. The first kappa shape index (κ1) is 12.9. The molecule has 0 aromatic rings. The lowest BCUT2D eigenvalue weighted by atomic mass is 9.94. The highest BCUT2D eigenvalue weighted by Gasteiger charge is 2.48. The van der Waals surface area contributed by atoms with E-state index in [4.69, 9.17) is 4.74 Å². The van der Waals surface area contributed by atoms with Crippen LogP contribution < -0.4 is 0 Å². The van der Waals surface area contributed by atoms with E-state index in [1.807, 2.05) is 6.92 Å². The van der Waals surface area contributed by atoms with Crippen molar-refractivity contribution in [2.75, 3.05) is 6.61 Å². The second-order valence-electron chi connectivity index (χ2n) is 6.09. The predicted molar refractivity (Wildman–Crippen MR) is 68.7 cm³/mol. The average molecular weight is 238 g/mol. The van der Waals surface area contributed by atoms with E-state index in [0.717, 1.165) is 24.7 Å². The van der Waals surface area contributed by atoms with E-state index < -0.39 is 0 Å². The number of ether oxygens (including phenoxy) is 1. The van der Waals surface area contributed by atoms with E-state index in [1.54, 1.807) is 0 Å². The molecular formula is C15H26O2. The van der Waals surface area contributed by atoms with Gasteiger partial charge in [-0.1, -0.05) is 20.3 Å². The number of esters is 1. The summed E-state index contributed by atoms with van der Waals surface area (Å²) in [4.78, 5) is 11.3. The fourth-order valence-corrected chi connectivity index (χ4v) is 3.01. The van der Waals surface area contributed by atoms with Gasteiger partial charge in [-0.2, -0.15) is 0 Å². The van der Waals surface area contributed by atoms with Gasteiger partial charge in [-0.25, -0.2) is 0 Å². The number of carbonyl (C=O) groups is 1. The lowest BCUT2D eigenvalue weighted by Crippen LogP contribution is -2.11. The predicted octanol–water partition coefficient (Wildman–Crippen LogP) is 3.94. The molecule has 2 fully saturated rings. The Morgan fingerprint density at radius 2 is 2.06 bits per heavy atom. The minimum absolute atomic E-state index is 0.0128. The van der Waals surface area contributed by atoms with Crippen LogP contribution in [0.15, 0.2) is 0 Å². The molecule has 2 atom stereocenters. The highest BCUT2D eigenvalue weighted by atomic mass is 16.5. The Morgan fingerprint density at radius 1 is 1.29 bits per heavy atom. The molecule has 2 aliphatic rings. The van der Waals surface area contributed by atoms with Gasteiger partial charge in [0.15, 0.2) is 0 Å². The quantitative estimate of drug-likeness (QED) is 0.599. The van der Waals surface area contributed by atoms with E-state index in [-0.39, 0.29) is 5.97 Å². The molecule has 2 rings (SSSR count). The van der Waals surface area contributed by atoms with Crippen LogP contribution >= 0.6 is 0 Å². The van der Waals surface area contributed by atoms with Gasteiger partial charge in [0.25, 0.3) is 0 Å². The van der Waals surface area contributed by atoms with Crippen molar-refractivity contribution in [2.24, 2.45) is 17.3 Å². The minimum atomic E-state index is -0.0128. The Morgan fingerprint density at radius 3 is 2.59 bits per heavy atom. The summed E-state index contributed by atoms with van der Waals surface area (Å²) in [5, 5.41) is 0. The standard InChI is InChI=1S/C15H26O2/c1-3-5-14(16)17-9-8-15(6-7-15)11-13-10-12(13)4-2/h12-13H,3-11H2,1-2H3. The third-order valence-electron chi connectivity index (χ3n) is 4.60. The minimum Gasteiger partial charge on any atom is -0.466 e. The molecule has 0 aromatic heterocycles. The zero-order valence-corrected chi connectivity index (χ0v) is 11.3. The van der Waals surface area contributed by atoms with Crippen molar-refractivity contribution in [1.82, 2.24) is 0 Å². The van der Waals surface area contributed by atoms with Crippen molar-refractivity contribution in [2.45, 2.75) is 65.2 Å². The lowest BCUT2D eigenvalue weighted by Gasteiger charge is -2.14. The Labute approximate surface area is 105 Å². The highest BCUT2D eigenvalue weighted by molar-refractivity contribution is 5.69. The summed E-state index contributed by atoms with van der Waals surface area (Å²) in [7, 11) is 0. The first-order chi connectivity index (χ1) is 8.19. The van der Waals surface area contributed by atoms with E-state index in [9.17, 15) is 4.79 Å². The van der Waals surface area contributed by atoms with Crippen molar-refractivity contribution in [3.8, 4) is 0 Å². The van der Waals surface area contributed by atoms with Gasteiger partial charge in [0.2, 0.25) is 0 Å². The van der Waals surface area contributed by atoms with Crippen molar-refractivity contribution < 1.29 is 9.53 Å². The first-order valence-electron chi connectivity index (χ1n) is 7.35. The van der Waals surface area contributed by atoms with Crippen LogP contribution in [-0.4, -0.2) is 12.6 Å². The SMILES string of the molecule is CCCC(=O)OCCC1(CC2CC2CC)CC1. The topological polar surface area (TPSA) is 26.3 Å². The molecule has 2 saturated carbocycles. The summed E-state index contributed by atoms with van der Waals surface area (Å²) < 4.78 is 5.27. The van der Waals surface area contributed by atoms with Gasteiger partial charge in [0.05, 0.1) is 6.61 Å². The van der Waals surface area contributed by atoms with Gasteiger partial charge in [-0.3, -0.25) is 4.79 Å². The Balaban J connectivity index is 1.60. The molecule has 2 unspecified atom stereocenters. The van der Waals surface area contributed by atoms with E-state index in [2.05, 4.69) is 6.92 Å². The van der Waals surface area contributed by atoms with Gasteiger partial charge >= 0.3 is 5.97 Å². The molecule has 2 heteroatoms. The summed E-state index contributed by atoms with van der Waals surface area (Å²) in [5.74, 6) is 1.99. The molecule has 0 radical (unpaired) electrons. The van der Waals surface area contributed by atoms with Crippen molar-refractivity contribution in [3.63, 3.8) is 0 Å². The molecule has 0 N–H and O–H groups in total. The third kappa shape index (κ3) is 3.72. The van der Waals surface area contributed by atoms with Crippen LogP contribution in [0.1, 0.15) is 65.2 Å². The van der Waals surface area contributed by atoms with E-state index in [0.29, 0.717) is 18.4 Å². The number of hydrogen-bond donors (Lipinski definition) is 0. The summed E-state index contributed by atoms with van der Waals surface area (Å²) in [6.07, 6.45) is 9.51. The van der Waals surface area contributed by atoms with Crippen molar-refractivity contribution in [1.29, 1.82) is 0 Å². The Hall–Kier alpha value is -0.530. The maximum absolute atomic E-state index is 11.3. The molecule has 0 heterocycles. The maximum Gasteiger partial charge on any atom is 0.305 e. The van der Waals surface area contributed by atoms with Crippen LogP contribution in [0.2, 0.25) is 0 Å². The van der Waals surface area contributed by atoms with Gasteiger partial charge in [0.1, 0.15) is 0 Å². The second kappa shape index (κ2) is 5.41. The van der Waals surface area contributed by atoms with Crippen LogP contribution in [0.25, 0.3) is 0 Å². The van der Waals surface area contributed by atoms with Gasteiger partial charge < -0.3 is 4.74 Å². The van der Waals surface area contributed by atoms with Gasteiger partial charge in [-0.15, -0.1) is 0 Å². The summed E-state index contributed by atoms with van der Waals surface area (Å²) in [6.45, 7) is 4.97. The molecule has 17 heavy (non-hydrogen) atoms. The molecular weight excluding hydrogens is 212 g/mol. The molecule has 0 aliphatic heterocycles. The zero-order chi connectivity index (χ0) is 12.3. The lowest BCUT2D eigenvalue weighted by molar-refractivity contribution is -0.144. The fraction of sp³-hybridized carbons (Fsp3) is 0.933. The average Bonchev–Trinajstić information content (AvgIpc) is 3.19. The van der Waals surface area contributed by atoms with Crippen molar-refractivity contribution >= 4 is 5.97 Å². The molecule has 0 saturated heterocycles. The fourth-order valence-electron chi connectivity index (χ4n) is 3.01.